The van der Waals surface area contributed by atoms with Crippen molar-refractivity contribution in [3.8, 4) is 5.75 Å². The Bertz CT molecular complexity index is 479. The van der Waals surface area contributed by atoms with E-state index in [1.807, 2.05) is 11.8 Å². The molecule has 19 heavy (non-hydrogen) atoms. The van der Waals surface area contributed by atoms with E-state index in [-0.39, 0.29) is 18.0 Å². The molecule has 1 aromatic rings. The fourth-order valence-electron chi connectivity index (χ4n) is 2.51. The fraction of sp³-hybridized carbons (Fsp3) is 0.500. The van der Waals surface area contributed by atoms with E-state index in [0.717, 1.165) is 12.8 Å². The van der Waals surface area contributed by atoms with Gasteiger partial charge in [-0.05, 0) is 38.0 Å². The molecule has 1 saturated heterocycles. The lowest BCUT2D eigenvalue weighted by atomic mass is 9.98. The van der Waals surface area contributed by atoms with Gasteiger partial charge in [-0.1, -0.05) is 11.6 Å². The number of nitrogens with two attached hydrogens (primary N) is 1. The first-order valence-corrected chi connectivity index (χ1v) is 6.80. The smallest absolute Gasteiger partial charge is 0.257 e. The highest BCUT2D eigenvalue weighted by molar-refractivity contribution is 6.30. The van der Waals surface area contributed by atoms with Gasteiger partial charge in [-0.2, -0.15) is 0 Å². The summed E-state index contributed by atoms with van der Waals surface area (Å²) in [5.74, 6) is 0.493. The lowest BCUT2D eigenvalue weighted by Gasteiger charge is -2.36. The van der Waals surface area contributed by atoms with E-state index in [9.17, 15) is 4.79 Å². The van der Waals surface area contributed by atoms with Crippen LogP contribution < -0.4 is 10.5 Å². The maximum absolute atomic E-state index is 12.6. The number of nitrogens with zero attached hydrogens (tertiary/aromatic N) is 1. The number of benzene rings is 1. The summed E-state index contributed by atoms with van der Waals surface area (Å²) in [6.45, 7) is 2.71. The number of methoxy groups -OCH3 is 1. The molecule has 0 bridgehead atoms. The zero-order valence-corrected chi connectivity index (χ0v) is 12.0. The van der Waals surface area contributed by atoms with Gasteiger partial charge in [0, 0.05) is 23.7 Å². The van der Waals surface area contributed by atoms with Crippen molar-refractivity contribution in [3.05, 3.63) is 28.8 Å². The van der Waals surface area contributed by atoms with Gasteiger partial charge in [0.15, 0.2) is 0 Å². The zero-order chi connectivity index (χ0) is 14.0. The monoisotopic (exact) mass is 282 g/mol. The normalized spacial score (nSPS) is 23.3. The van der Waals surface area contributed by atoms with Gasteiger partial charge in [0.1, 0.15) is 5.75 Å². The second-order valence-electron chi connectivity index (χ2n) is 4.98. The molecule has 1 heterocycles. The van der Waals surface area contributed by atoms with E-state index in [0.29, 0.717) is 22.9 Å². The summed E-state index contributed by atoms with van der Waals surface area (Å²) in [7, 11) is 1.54. The minimum atomic E-state index is -0.0204. The van der Waals surface area contributed by atoms with Gasteiger partial charge in [-0.3, -0.25) is 4.79 Å². The third-order valence-electron chi connectivity index (χ3n) is 3.57. The van der Waals surface area contributed by atoms with E-state index >= 15 is 0 Å². The molecule has 104 valence electrons. The van der Waals surface area contributed by atoms with Gasteiger partial charge < -0.3 is 15.4 Å². The first kappa shape index (κ1) is 14.2. The molecule has 0 saturated carbocycles. The molecule has 2 N–H and O–H groups in total. The van der Waals surface area contributed by atoms with Crippen molar-refractivity contribution in [1.82, 2.24) is 4.90 Å². The number of carbonyl (C=O) groups excluding carboxylic acids is 1. The minimum absolute atomic E-state index is 0.0204. The topological polar surface area (TPSA) is 55.6 Å². The van der Waals surface area contributed by atoms with Crippen LogP contribution in [0.3, 0.4) is 0 Å². The van der Waals surface area contributed by atoms with E-state index < -0.39 is 0 Å². The maximum atomic E-state index is 12.6. The van der Waals surface area contributed by atoms with E-state index in [1.54, 1.807) is 18.2 Å². The number of halogens is 1. The quantitative estimate of drug-likeness (QED) is 0.905. The number of carbonyl (C=O) groups is 1. The van der Waals surface area contributed by atoms with Crippen LogP contribution in [0.2, 0.25) is 5.02 Å². The predicted molar refractivity (Wildman–Crippen MR) is 75.7 cm³/mol. The molecule has 0 aromatic heterocycles. The second-order valence-corrected chi connectivity index (χ2v) is 5.41. The number of likely N-dealkylation sites (tertiary alicyclic amines) is 1. The van der Waals surface area contributed by atoms with Crippen molar-refractivity contribution in [2.75, 3.05) is 13.7 Å². The van der Waals surface area contributed by atoms with Gasteiger partial charge in [-0.25, -0.2) is 0 Å². The molecule has 4 nitrogen and oxygen atoms in total. The van der Waals surface area contributed by atoms with Crippen LogP contribution in [0.5, 0.6) is 5.75 Å². The fourth-order valence-corrected chi connectivity index (χ4v) is 2.67. The first-order valence-electron chi connectivity index (χ1n) is 6.43. The van der Waals surface area contributed by atoms with Crippen molar-refractivity contribution < 1.29 is 9.53 Å². The Morgan fingerprint density at radius 2 is 2.26 bits per heavy atom. The van der Waals surface area contributed by atoms with Crippen molar-refractivity contribution >= 4 is 17.5 Å². The summed E-state index contributed by atoms with van der Waals surface area (Å²) in [6.07, 6.45) is 1.67. The average molecular weight is 283 g/mol. The zero-order valence-electron chi connectivity index (χ0n) is 11.2. The maximum Gasteiger partial charge on any atom is 0.257 e. The lowest BCUT2D eigenvalue weighted by molar-refractivity contribution is 0.0616. The number of piperidine rings is 1. The first-order chi connectivity index (χ1) is 9.02. The Labute approximate surface area is 118 Å². The van der Waals surface area contributed by atoms with Crippen molar-refractivity contribution in [2.45, 2.75) is 31.8 Å². The van der Waals surface area contributed by atoms with E-state index in [1.165, 1.54) is 7.11 Å². The standard InChI is InChI=1S/C14H19ClN2O2/c1-9-7-11(16)5-6-17(9)14(18)12-4-3-10(15)8-13(12)19-2/h3-4,8-9,11H,5-7,16H2,1-2H3. The molecular weight excluding hydrogens is 264 g/mol. The second kappa shape index (κ2) is 5.80. The van der Waals surface area contributed by atoms with Crippen molar-refractivity contribution in [3.63, 3.8) is 0 Å². The molecule has 1 aliphatic heterocycles. The van der Waals surface area contributed by atoms with Crippen LogP contribution in [-0.4, -0.2) is 36.5 Å². The molecule has 1 amide bonds. The number of hydrogen-bond acceptors (Lipinski definition) is 3. The van der Waals surface area contributed by atoms with Crippen LogP contribution in [0.15, 0.2) is 18.2 Å². The van der Waals surface area contributed by atoms with Gasteiger partial charge in [0.2, 0.25) is 0 Å². The molecule has 0 spiro atoms. The van der Waals surface area contributed by atoms with E-state index in [4.69, 9.17) is 22.1 Å². The van der Waals surface area contributed by atoms with E-state index in [2.05, 4.69) is 0 Å². The molecule has 1 aromatic carbocycles. The van der Waals surface area contributed by atoms with Crippen LogP contribution in [0.1, 0.15) is 30.1 Å². The van der Waals surface area contributed by atoms with Crippen LogP contribution in [0.4, 0.5) is 0 Å². The van der Waals surface area contributed by atoms with Gasteiger partial charge in [0.05, 0.1) is 12.7 Å². The highest BCUT2D eigenvalue weighted by Gasteiger charge is 2.29. The van der Waals surface area contributed by atoms with Crippen LogP contribution in [0, 0.1) is 0 Å². The summed E-state index contributed by atoms with van der Waals surface area (Å²) in [6, 6.07) is 5.42. The summed E-state index contributed by atoms with van der Waals surface area (Å²) in [5, 5.41) is 0.558. The molecule has 5 heteroatoms. The van der Waals surface area contributed by atoms with Crippen molar-refractivity contribution in [2.24, 2.45) is 5.73 Å². The highest BCUT2D eigenvalue weighted by atomic mass is 35.5. The van der Waals surface area contributed by atoms with Gasteiger partial charge >= 0.3 is 0 Å². The Kier molecular flexibility index (Phi) is 4.32. The molecular formula is C14H19ClN2O2. The molecule has 2 atom stereocenters. The molecule has 2 unspecified atom stereocenters. The summed E-state index contributed by atoms with van der Waals surface area (Å²) in [5.41, 5.74) is 6.47. The van der Waals surface area contributed by atoms with Crippen LogP contribution >= 0.6 is 11.6 Å². The third-order valence-corrected chi connectivity index (χ3v) is 3.81. The van der Waals surface area contributed by atoms with Gasteiger partial charge in [0.25, 0.3) is 5.91 Å². The Morgan fingerprint density at radius 1 is 1.53 bits per heavy atom. The lowest BCUT2D eigenvalue weighted by Crippen LogP contribution is -2.48. The number of rotatable bonds is 2. The predicted octanol–water partition coefficient (Wildman–Crippen LogP) is 2.30. The SMILES string of the molecule is COc1cc(Cl)ccc1C(=O)N1CCC(N)CC1C. The Hall–Kier alpha value is -1.26. The van der Waals surface area contributed by atoms with Gasteiger partial charge in [-0.15, -0.1) is 0 Å². The average Bonchev–Trinajstić information content (AvgIpc) is 2.37. The largest absolute Gasteiger partial charge is 0.496 e. The molecule has 2 rings (SSSR count). The molecule has 0 radical (unpaired) electrons. The number of amides is 1. The summed E-state index contributed by atoms with van der Waals surface area (Å²) in [4.78, 5) is 14.4. The van der Waals surface area contributed by atoms with Crippen molar-refractivity contribution in [1.29, 1.82) is 0 Å². The molecule has 0 aliphatic carbocycles. The molecule has 1 fully saturated rings. The number of ether oxygens (including phenoxy) is 1. The molecule has 1 aliphatic rings. The van der Waals surface area contributed by atoms with Crippen LogP contribution in [-0.2, 0) is 0 Å². The Balaban J connectivity index is 2.24. The number of hydrogen-bond donors (Lipinski definition) is 1. The summed E-state index contributed by atoms with van der Waals surface area (Å²) < 4.78 is 5.24. The Morgan fingerprint density at radius 3 is 2.89 bits per heavy atom. The minimum Gasteiger partial charge on any atom is -0.496 e. The third kappa shape index (κ3) is 3.01. The summed E-state index contributed by atoms with van der Waals surface area (Å²) >= 11 is 5.91. The van der Waals surface area contributed by atoms with Crippen LogP contribution in [0.25, 0.3) is 0 Å². The highest BCUT2D eigenvalue weighted by Crippen LogP contribution is 2.27.